The van der Waals surface area contributed by atoms with Crippen molar-refractivity contribution in [1.29, 1.82) is 0 Å². The third-order valence-corrected chi connectivity index (χ3v) is 5.17. The lowest BCUT2D eigenvalue weighted by Gasteiger charge is -2.26. The highest BCUT2D eigenvalue weighted by atomic mass is 32.1. The molecule has 1 aromatic heterocycles. The average molecular weight is 368 g/mol. The number of nitrogens with one attached hydrogen (secondary N) is 1. The van der Waals surface area contributed by atoms with Gasteiger partial charge in [-0.05, 0) is 26.2 Å². The van der Waals surface area contributed by atoms with Crippen molar-refractivity contribution in [3.8, 4) is 0 Å². The highest BCUT2D eigenvalue weighted by Crippen LogP contribution is 2.18. The van der Waals surface area contributed by atoms with E-state index in [0.29, 0.717) is 11.7 Å². The molecule has 0 aliphatic rings. The van der Waals surface area contributed by atoms with Crippen molar-refractivity contribution in [2.75, 3.05) is 18.4 Å². The molecule has 1 atom stereocenters. The van der Waals surface area contributed by atoms with Crippen molar-refractivity contribution >= 4 is 28.3 Å². The molecular formula is C19H33N3O2S. The Balaban J connectivity index is 2.69. The Morgan fingerprint density at radius 1 is 1.20 bits per heavy atom. The van der Waals surface area contributed by atoms with Crippen LogP contribution >= 0.6 is 11.3 Å². The van der Waals surface area contributed by atoms with Gasteiger partial charge in [0.1, 0.15) is 0 Å². The molecule has 25 heavy (non-hydrogen) atoms. The number of rotatable bonds is 12. The smallest absolute Gasteiger partial charge is 0.245 e. The van der Waals surface area contributed by atoms with E-state index in [1.54, 1.807) is 4.90 Å². The van der Waals surface area contributed by atoms with Gasteiger partial charge in [-0.15, -0.1) is 11.3 Å². The summed E-state index contributed by atoms with van der Waals surface area (Å²) in [7, 11) is 0. The van der Waals surface area contributed by atoms with Crippen LogP contribution in [0.3, 0.4) is 0 Å². The van der Waals surface area contributed by atoms with Gasteiger partial charge in [-0.3, -0.25) is 9.59 Å². The van der Waals surface area contributed by atoms with Crippen molar-refractivity contribution in [3.05, 3.63) is 11.1 Å². The van der Waals surface area contributed by atoms with Gasteiger partial charge in [0, 0.05) is 17.8 Å². The summed E-state index contributed by atoms with van der Waals surface area (Å²) in [4.78, 5) is 31.3. The first-order chi connectivity index (χ1) is 12.0. The number of hydrogen-bond acceptors (Lipinski definition) is 4. The van der Waals surface area contributed by atoms with Crippen LogP contribution in [0.4, 0.5) is 5.13 Å². The Kier molecular flexibility index (Phi) is 10.4. The molecule has 0 aromatic carbocycles. The maximum Gasteiger partial charge on any atom is 0.245 e. The largest absolute Gasteiger partial charge is 0.333 e. The number of nitrogens with zero attached hydrogens (tertiary/aromatic N) is 2. The number of anilines is 1. The van der Waals surface area contributed by atoms with Crippen molar-refractivity contribution < 1.29 is 9.59 Å². The van der Waals surface area contributed by atoms with Crippen LogP contribution in [0.15, 0.2) is 5.38 Å². The Morgan fingerprint density at radius 3 is 2.48 bits per heavy atom. The van der Waals surface area contributed by atoms with E-state index in [4.69, 9.17) is 0 Å². The third kappa shape index (κ3) is 7.99. The topological polar surface area (TPSA) is 62.3 Å². The number of aromatic nitrogens is 1. The fourth-order valence-electron chi connectivity index (χ4n) is 2.77. The summed E-state index contributed by atoms with van der Waals surface area (Å²) < 4.78 is 0. The maximum absolute atomic E-state index is 12.9. The van der Waals surface area contributed by atoms with Gasteiger partial charge in [0.05, 0.1) is 12.2 Å². The van der Waals surface area contributed by atoms with Gasteiger partial charge in [0.2, 0.25) is 11.8 Å². The number of carbonyl (C=O) groups excluding carboxylic acids is 2. The van der Waals surface area contributed by atoms with Gasteiger partial charge in [-0.2, -0.15) is 0 Å². The predicted molar refractivity (Wildman–Crippen MR) is 105 cm³/mol. The van der Waals surface area contributed by atoms with Crippen LogP contribution in [0.1, 0.15) is 71.4 Å². The van der Waals surface area contributed by atoms with E-state index >= 15 is 0 Å². The predicted octanol–water partition coefficient (Wildman–Crippen LogP) is 4.63. The lowest BCUT2D eigenvalue weighted by Crippen LogP contribution is -2.42. The van der Waals surface area contributed by atoms with E-state index in [1.165, 1.54) is 11.3 Å². The minimum Gasteiger partial charge on any atom is -0.333 e. The number of unbranched alkanes of at least 4 members (excludes halogenated alkanes) is 3. The molecule has 0 aliphatic heterocycles. The number of thiazole rings is 1. The van der Waals surface area contributed by atoms with Gasteiger partial charge < -0.3 is 10.2 Å². The monoisotopic (exact) mass is 367 g/mol. The molecule has 2 amide bonds. The van der Waals surface area contributed by atoms with Crippen molar-refractivity contribution in [2.24, 2.45) is 5.92 Å². The van der Waals surface area contributed by atoms with E-state index in [2.05, 4.69) is 31.1 Å². The van der Waals surface area contributed by atoms with Gasteiger partial charge >= 0.3 is 0 Å². The summed E-state index contributed by atoms with van der Waals surface area (Å²) in [6.07, 6.45) is 6.99. The molecule has 0 fully saturated rings. The summed E-state index contributed by atoms with van der Waals surface area (Å²) in [6, 6.07) is 0. The summed E-state index contributed by atoms with van der Waals surface area (Å²) in [6.45, 7) is 9.00. The quantitative estimate of drug-likeness (QED) is 0.548. The molecular weight excluding hydrogens is 334 g/mol. The number of carbonyl (C=O) groups is 2. The second kappa shape index (κ2) is 12.0. The molecule has 0 radical (unpaired) electrons. The molecule has 142 valence electrons. The molecule has 0 saturated heterocycles. The number of aryl methyl sites for hydroxylation is 1. The summed E-state index contributed by atoms with van der Waals surface area (Å²) >= 11 is 1.41. The fraction of sp³-hybridized carbons (Fsp3) is 0.737. The SMILES string of the molecule is CCCCCN(CC(=O)Nc1nc(C)cs1)C(=O)[C@H](CC)CCCC. The molecule has 1 rings (SSSR count). The van der Waals surface area contributed by atoms with Gasteiger partial charge in [-0.25, -0.2) is 4.98 Å². The van der Waals surface area contributed by atoms with Crippen molar-refractivity contribution in [3.63, 3.8) is 0 Å². The number of hydrogen-bond donors (Lipinski definition) is 1. The van der Waals surface area contributed by atoms with Crippen molar-refractivity contribution in [2.45, 2.75) is 72.6 Å². The van der Waals surface area contributed by atoms with E-state index in [9.17, 15) is 9.59 Å². The minimum atomic E-state index is -0.162. The van der Waals surface area contributed by atoms with Crippen LogP contribution in [0, 0.1) is 12.8 Å². The van der Waals surface area contributed by atoms with E-state index in [1.807, 2.05) is 12.3 Å². The zero-order chi connectivity index (χ0) is 18.7. The molecule has 1 heterocycles. The fourth-order valence-corrected chi connectivity index (χ4v) is 3.48. The van der Waals surface area contributed by atoms with E-state index < -0.39 is 0 Å². The second-order valence-corrected chi connectivity index (χ2v) is 7.41. The highest BCUT2D eigenvalue weighted by molar-refractivity contribution is 7.13. The standard InChI is InChI=1S/C19H33N3O2S/c1-5-8-10-12-22(18(24)16(7-3)11-9-6-2)13-17(23)21-19-20-15(4)14-25-19/h14,16H,5-13H2,1-4H3,(H,20,21,23)/t16-/m1/s1. The molecule has 6 heteroatoms. The maximum atomic E-state index is 12.9. The summed E-state index contributed by atoms with van der Waals surface area (Å²) in [5.41, 5.74) is 0.891. The Hall–Kier alpha value is -1.43. The Bertz CT molecular complexity index is 530. The third-order valence-electron chi connectivity index (χ3n) is 4.29. The molecule has 5 nitrogen and oxygen atoms in total. The molecule has 0 saturated carbocycles. The van der Waals surface area contributed by atoms with Crippen LogP contribution in [-0.4, -0.2) is 34.8 Å². The Morgan fingerprint density at radius 2 is 1.92 bits per heavy atom. The van der Waals surface area contributed by atoms with Gasteiger partial charge in [0.15, 0.2) is 5.13 Å². The lowest BCUT2D eigenvalue weighted by atomic mass is 9.97. The van der Waals surface area contributed by atoms with Crippen LogP contribution in [0.2, 0.25) is 0 Å². The lowest BCUT2D eigenvalue weighted by molar-refractivity contribution is -0.138. The Labute approximate surface area is 156 Å². The van der Waals surface area contributed by atoms with Crippen molar-refractivity contribution in [1.82, 2.24) is 9.88 Å². The number of amides is 2. The normalized spacial score (nSPS) is 12.0. The average Bonchev–Trinajstić information content (AvgIpc) is 2.99. The molecule has 0 unspecified atom stereocenters. The van der Waals surface area contributed by atoms with Crippen LogP contribution < -0.4 is 5.32 Å². The first kappa shape index (κ1) is 21.6. The second-order valence-electron chi connectivity index (χ2n) is 6.56. The van der Waals surface area contributed by atoms with Gasteiger partial charge in [-0.1, -0.05) is 46.5 Å². The summed E-state index contributed by atoms with van der Waals surface area (Å²) in [5.74, 6) is -0.0152. The molecule has 1 N–H and O–H groups in total. The summed E-state index contributed by atoms with van der Waals surface area (Å²) in [5, 5.41) is 5.31. The molecule has 1 aromatic rings. The first-order valence-corrected chi connectivity index (χ1v) is 10.4. The van der Waals surface area contributed by atoms with Crippen LogP contribution in [-0.2, 0) is 9.59 Å². The molecule has 0 spiro atoms. The van der Waals surface area contributed by atoms with Gasteiger partial charge in [0.25, 0.3) is 0 Å². The van der Waals surface area contributed by atoms with E-state index in [0.717, 1.165) is 50.6 Å². The van der Waals surface area contributed by atoms with Crippen LogP contribution in [0.25, 0.3) is 0 Å². The zero-order valence-electron chi connectivity index (χ0n) is 16.1. The van der Waals surface area contributed by atoms with Crippen LogP contribution in [0.5, 0.6) is 0 Å². The minimum absolute atomic E-state index is 0.0245. The van der Waals surface area contributed by atoms with E-state index in [-0.39, 0.29) is 24.3 Å². The molecule has 0 aliphatic carbocycles. The first-order valence-electron chi connectivity index (χ1n) is 9.52. The zero-order valence-corrected chi connectivity index (χ0v) is 17.0. The molecule has 0 bridgehead atoms. The highest BCUT2D eigenvalue weighted by Gasteiger charge is 2.24.